The van der Waals surface area contributed by atoms with Crippen molar-refractivity contribution < 1.29 is 9.53 Å². The van der Waals surface area contributed by atoms with E-state index in [1.54, 1.807) is 24.4 Å². The molecule has 0 bridgehead atoms. The number of methoxy groups -OCH3 is 1. The number of amidine groups is 1. The second-order valence-electron chi connectivity index (χ2n) is 5.44. The second kappa shape index (κ2) is 7.53. The van der Waals surface area contributed by atoms with E-state index in [1.807, 2.05) is 50.2 Å². The number of carbonyl (C=O) groups is 1. The predicted octanol–water partition coefficient (Wildman–Crippen LogP) is 4.10. The summed E-state index contributed by atoms with van der Waals surface area (Å²) in [7, 11) is 1.64. The van der Waals surface area contributed by atoms with Crippen LogP contribution in [0.25, 0.3) is 5.57 Å². The van der Waals surface area contributed by atoms with Crippen LogP contribution in [0, 0.1) is 0 Å². The number of benzene rings is 1. The molecule has 1 aliphatic heterocycles. The summed E-state index contributed by atoms with van der Waals surface area (Å²) in [5.74, 6) is 0.782. The van der Waals surface area contributed by atoms with Crippen molar-refractivity contribution in [2.24, 2.45) is 4.99 Å². The zero-order valence-corrected chi connectivity index (χ0v) is 15.2. The molecule has 3 rings (SSSR count). The summed E-state index contributed by atoms with van der Waals surface area (Å²) in [5.41, 5.74) is 2.67. The number of rotatable bonds is 4. The van der Waals surface area contributed by atoms with Crippen LogP contribution in [0.1, 0.15) is 19.4 Å². The van der Waals surface area contributed by atoms with Crippen LogP contribution in [0.15, 0.2) is 58.7 Å². The van der Waals surface area contributed by atoms with Gasteiger partial charge in [-0.25, -0.2) is 4.99 Å². The highest BCUT2D eigenvalue weighted by Crippen LogP contribution is 2.37. The molecule has 1 fully saturated rings. The van der Waals surface area contributed by atoms with E-state index in [2.05, 4.69) is 9.98 Å². The van der Waals surface area contributed by atoms with E-state index >= 15 is 0 Å². The first-order valence-corrected chi connectivity index (χ1v) is 8.79. The van der Waals surface area contributed by atoms with Crippen molar-refractivity contribution in [1.29, 1.82) is 0 Å². The number of aromatic nitrogens is 1. The van der Waals surface area contributed by atoms with E-state index in [0.29, 0.717) is 16.6 Å². The minimum atomic E-state index is -0.0107. The Balaban J connectivity index is 1.96. The van der Waals surface area contributed by atoms with E-state index in [-0.39, 0.29) is 5.91 Å². The lowest BCUT2D eigenvalue weighted by Gasteiger charge is -2.12. The third-order valence-electron chi connectivity index (χ3n) is 3.91. The standard InChI is InChI=1S/C19H19N3O2S/c1-4-22-18(23)17(13(2)14-7-9-16(24-3)10-8-14)25-19(22)21-15-6-5-11-20-12-15/h5-12H,4H2,1-3H3/b17-13-,21-19?. The molecule has 128 valence electrons. The lowest BCUT2D eigenvalue weighted by Crippen LogP contribution is -2.28. The Hall–Kier alpha value is -2.60. The van der Waals surface area contributed by atoms with E-state index in [9.17, 15) is 4.79 Å². The molecule has 1 saturated heterocycles. The Bertz CT molecular complexity index is 830. The Morgan fingerprint density at radius 3 is 2.64 bits per heavy atom. The molecule has 2 aromatic rings. The van der Waals surface area contributed by atoms with Gasteiger partial charge in [-0.15, -0.1) is 0 Å². The van der Waals surface area contributed by atoms with Crippen molar-refractivity contribution in [1.82, 2.24) is 9.88 Å². The SMILES string of the molecule is CCN1C(=O)/C(=C(\C)c2ccc(OC)cc2)SC1=Nc1cccnc1. The third kappa shape index (κ3) is 3.58. The molecule has 0 aliphatic carbocycles. The average Bonchev–Trinajstić information content (AvgIpc) is 2.97. The van der Waals surface area contributed by atoms with Crippen LogP contribution in [0.3, 0.4) is 0 Å². The zero-order chi connectivity index (χ0) is 17.8. The first-order chi connectivity index (χ1) is 12.1. The molecule has 0 saturated carbocycles. The number of carbonyl (C=O) groups excluding carboxylic acids is 1. The van der Waals surface area contributed by atoms with E-state index < -0.39 is 0 Å². The third-order valence-corrected chi connectivity index (χ3v) is 5.09. The molecule has 5 nitrogen and oxygen atoms in total. The summed E-state index contributed by atoms with van der Waals surface area (Å²) >= 11 is 1.41. The molecule has 6 heteroatoms. The van der Waals surface area contributed by atoms with Crippen LogP contribution in [0.4, 0.5) is 5.69 Å². The monoisotopic (exact) mass is 353 g/mol. The quantitative estimate of drug-likeness (QED) is 0.777. The lowest BCUT2D eigenvalue weighted by molar-refractivity contribution is -0.122. The minimum Gasteiger partial charge on any atom is -0.497 e. The van der Waals surface area contributed by atoms with E-state index in [4.69, 9.17) is 4.74 Å². The van der Waals surface area contributed by atoms with Gasteiger partial charge in [0, 0.05) is 12.7 Å². The molecule has 1 amide bonds. The van der Waals surface area contributed by atoms with Crippen molar-refractivity contribution in [2.45, 2.75) is 13.8 Å². The number of allylic oxidation sites excluding steroid dienone is 1. The highest BCUT2D eigenvalue weighted by molar-refractivity contribution is 8.18. The molecule has 0 radical (unpaired) electrons. The molecular weight excluding hydrogens is 334 g/mol. The number of aliphatic imine (C=N–C) groups is 1. The Kier molecular flexibility index (Phi) is 5.19. The van der Waals surface area contributed by atoms with Crippen LogP contribution in [-0.2, 0) is 4.79 Å². The molecule has 0 N–H and O–H groups in total. The molecule has 1 aromatic carbocycles. The summed E-state index contributed by atoms with van der Waals surface area (Å²) in [6, 6.07) is 11.4. The maximum absolute atomic E-state index is 12.8. The normalized spacial score (nSPS) is 18.0. The fourth-order valence-electron chi connectivity index (χ4n) is 2.50. The highest BCUT2D eigenvalue weighted by atomic mass is 32.2. The van der Waals surface area contributed by atoms with Gasteiger partial charge < -0.3 is 4.74 Å². The van der Waals surface area contributed by atoms with Crippen molar-refractivity contribution in [3.63, 3.8) is 0 Å². The highest BCUT2D eigenvalue weighted by Gasteiger charge is 2.33. The smallest absolute Gasteiger partial charge is 0.267 e. The molecule has 0 unspecified atom stereocenters. The van der Waals surface area contributed by atoms with E-state index in [0.717, 1.165) is 22.6 Å². The fourth-order valence-corrected chi connectivity index (χ4v) is 3.63. The fraction of sp³-hybridized carbons (Fsp3) is 0.211. The van der Waals surface area contributed by atoms with Gasteiger partial charge >= 0.3 is 0 Å². The summed E-state index contributed by atoms with van der Waals surface area (Å²) in [6.45, 7) is 4.48. The van der Waals surface area contributed by atoms with Gasteiger partial charge in [0.25, 0.3) is 5.91 Å². The topological polar surface area (TPSA) is 54.8 Å². The summed E-state index contributed by atoms with van der Waals surface area (Å²) in [4.78, 5) is 23.9. The van der Waals surface area contributed by atoms with Gasteiger partial charge in [0.15, 0.2) is 5.17 Å². The van der Waals surface area contributed by atoms with Gasteiger partial charge in [-0.3, -0.25) is 14.7 Å². The van der Waals surface area contributed by atoms with Crippen LogP contribution in [-0.4, -0.2) is 34.6 Å². The van der Waals surface area contributed by atoms with Gasteiger partial charge in [0.05, 0.1) is 23.9 Å². The summed E-state index contributed by atoms with van der Waals surface area (Å²) in [6.07, 6.45) is 3.39. The van der Waals surface area contributed by atoms with Gasteiger partial charge in [0.1, 0.15) is 5.75 Å². The molecule has 1 aliphatic rings. The van der Waals surface area contributed by atoms with Gasteiger partial charge in [-0.2, -0.15) is 0 Å². The first kappa shape index (κ1) is 17.2. The lowest BCUT2D eigenvalue weighted by atomic mass is 10.1. The number of nitrogens with zero attached hydrogens (tertiary/aromatic N) is 3. The Labute approximate surface area is 151 Å². The number of hydrogen-bond acceptors (Lipinski definition) is 5. The zero-order valence-electron chi connectivity index (χ0n) is 14.4. The molecule has 0 spiro atoms. The second-order valence-corrected chi connectivity index (χ2v) is 6.42. The van der Waals surface area contributed by atoms with Crippen molar-refractivity contribution in [3.8, 4) is 5.75 Å². The van der Waals surface area contributed by atoms with Gasteiger partial charge in [0.2, 0.25) is 0 Å². The Morgan fingerprint density at radius 2 is 2.04 bits per heavy atom. The first-order valence-electron chi connectivity index (χ1n) is 7.97. The van der Waals surface area contributed by atoms with Crippen molar-refractivity contribution in [2.75, 3.05) is 13.7 Å². The van der Waals surface area contributed by atoms with Crippen molar-refractivity contribution in [3.05, 3.63) is 59.3 Å². The molecule has 0 atom stereocenters. The molecule has 25 heavy (non-hydrogen) atoms. The number of pyridine rings is 1. The maximum Gasteiger partial charge on any atom is 0.267 e. The summed E-state index contributed by atoms with van der Waals surface area (Å²) < 4.78 is 5.19. The predicted molar refractivity (Wildman–Crippen MR) is 102 cm³/mol. The van der Waals surface area contributed by atoms with E-state index in [1.165, 1.54) is 11.8 Å². The molecule has 2 heterocycles. The van der Waals surface area contributed by atoms with Crippen molar-refractivity contribution >= 4 is 34.1 Å². The largest absolute Gasteiger partial charge is 0.497 e. The number of hydrogen-bond donors (Lipinski definition) is 0. The number of likely N-dealkylation sites (N-methyl/N-ethyl adjacent to an activating group) is 1. The summed E-state index contributed by atoms with van der Waals surface area (Å²) in [5, 5.41) is 0.684. The Morgan fingerprint density at radius 1 is 1.28 bits per heavy atom. The average molecular weight is 353 g/mol. The van der Waals surface area contributed by atoms with Crippen LogP contribution < -0.4 is 4.74 Å². The van der Waals surface area contributed by atoms with Crippen LogP contribution >= 0.6 is 11.8 Å². The maximum atomic E-state index is 12.8. The number of ether oxygens (including phenoxy) is 1. The number of thioether (sulfide) groups is 1. The van der Waals surface area contributed by atoms with Crippen LogP contribution in [0.2, 0.25) is 0 Å². The van der Waals surface area contributed by atoms with Gasteiger partial charge in [-0.1, -0.05) is 12.1 Å². The molecular formula is C19H19N3O2S. The number of amides is 1. The van der Waals surface area contributed by atoms with Crippen LogP contribution in [0.5, 0.6) is 5.75 Å². The molecule has 1 aromatic heterocycles. The minimum absolute atomic E-state index is 0.0107. The van der Waals surface area contributed by atoms with Gasteiger partial charge in [-0.05, 0) is 61.0 Å².